The van der Waals surface area contributed by atoms with Crippen molar-refractivity contribution < 1.29 is 19.9 Å². The maximum Gasteiger partial charge on any atom is 0.268 e. The molecule has 0 aliphatic rings. The Balaban J connectivity index is 2.16. The van der Waals surface area contributed by atoms with Gasteiger partial charge in [0, 0.05) is 17.3 Å². The van der Waals surface area contributed by atoms with Gasteiger partial charge in [0.15, 0.2) is 0 Å². The number of nitrogens with zero attached hydrogens (tertiary/aromatic N) is 1. The van der Waals surface area contributed by atoms with Crippen LogP contribution in [-0.4, -0.2) is 38.8 Å². The van der Waals surface area contributed by atoms with Crippen molar-refractivity contribution in [3.63, 3.8) is 0 Å². The van der Waals surface area contributed by atoms with Crippen molar-refractivity contribution in [2.45, 2.75) is 25.5 Å². The molecule has 1 atom stereocenters. The fourth-order valence-electron chi connectivity index (χ4n) is 2.17. The van der Waals surface area contributed by atoms with Crippen molar-refractivity contribution in [2.24, 2.45) is 0 Å². The van der Waals surface area contributed by atoms with Crippen LogP contribution in [0.4, 0.5) is 0 Å². The summed E-state index contributed by atoms with van der Waals surface area (Å²) in [7, 11) is 0. The van der Waals surface area contributed by atoms with E-state index >= 15 is 0 Å². The molecule has 0 fully saturated rings. The summed E-state index contributed by atoms with van der Waals surface area (Å²) in [4.78, 5) is 28.1. The molecule has 0 aliphatic carbocycles. The molecule has 0 saturated carbocycles. The van der Waals surface area contributed by atoms with Gasteiger partial charge in [0.1, 0.15) is 6.04 Å². The molecule has 1 heterocycles. The van der Waals surface area contributed by atoms with Crippen LogP contribution in [0.25, 0.3) is 11.3 Å². The Labute approximate surface area is 139 Å². The molecular weight excluding hydrogens is 310 g/mol. The minimum Gasteiger partial charge on any atom is -0.388 e. The van der Waals surface area contributed by atoms with Crippen LogP contribution < -0.4 is 10.8 Å². The van der Waals surface area contributed by atoms with E-state index in [9.17, 15) is 14.7 Å². The molecule has 0 spiro atoms. The predicted molar refractivity (Wildman–Crippen MR) is 87.2 cm³/mol. The Bertz CT molecular complexity index is 709. The number of hydrogen-bond donors (Lipinski definition) is 4. The summed E-state index contributed by atoms with van der Waals surface area (Å²) in [5.74, 6) is -1.45. The molecule has 2 aromatic rings. The van der Waals surface area contributed by atoms with Gasteiger partial charge < -0.3 is 10.4 Å². The number of pyridine rings is 1. The zero-order valence-corrected chi connectivity index (χ0v) is 13.4. The van der Waals surface area contributed by atoms with Crippen LogP contribution in [0.2, 0.25) is 0 Å². The Morgan fingerprint density at radius 2 is 1.79 bits per heavy atom. The molecule has 4 N–H and O–H groups in total. The smallest absolute Gasteiger partial charge is 0.268 e. The first-order valence-electron chi connectivity index (χ1n) is 7.31. The van der Waals surface area contributed by atoms with Crippen LogP contribution >= 0.6 is 0 Å². The number of carbonyl (C=O) groups excluding carboxylic acids is 2. The van der Waals surface area contributed by atoms with Gasteiger partial charge >= 0.3 is 0 Å². The second kappa shape index (κ2) is 7.20. The highest BCUT2D eigenvalue weighted by Crippen LogP contribution is 2.17. The summed E-state index contributed by atoms with van der Waals surface area (Å²) in [5.41, 5.74) is 1.83. The van der Waals surface area contributed by atoms with Gasteiger partial charge in [-0.1, -0.05) is 18.2 Å². The van der Waals surface area contributed by atoms with E-state index < -0.39 is 23.5 Å². The van der Waals surface area contributed by atoms with Gasteiger partial charge in [-0.15, -0.1) is 0 Å². The molecule has 1 aromatic heterocycles. The van der Waals surface area contributed by atoms with Crippen molar-refractivity contribution in [1.82, 2.24) is 15.8 Å². The van der Waals surface area contributed by atoms with E-state index in [1.165, 1.54) is 19.3 Å². The normalized spacial score (nSPS) is 12.3. The molecule has 24 heavy (non-hydrogen) atoms. The Kier molecular flexibility index (Phi) is 5.28. The van der Waals surface area contributed by atoms with Crippen molar-refractivity contribution >= 4 is 11.8 Å². The number of rotatable bonds is 5. The molecular formula is C17H19N3O4. The van der Waals surface area contributed by atoms with Crippen molar-refractivity contribution in [2.75, 3.05) is 0 Å². The highest BCUT2D eigenvalue weighted by Gasteiger charge is 2.34. The molecule has 2 amide bonds. The molecule has 126 valence electrons. The minimum absolute atomic E-state index is 0.315. The molecule has 0 radical (unpaired) electrons. The summed E-state index contributed by atoms with van der Waals surface area (Å²) in [6.45, 7) is 2.72. The van der Waals surface area contributed by atoms with Crippen molar-refractivity contribution in [3.05, 3.63) is 54.2 Å². The van der Waals surface area contributed by atoms with Gasteiger partial charge in [-0.25, -0.2) is 5.48 Å². The summed E-state index contributed by atoms with van der Waals surface area (Å²) < 4.78 is 0. The average molecular weight is 329 g/mol. The molecule has 7 nitrogen and oxygen atoms in total. The third kappa shape index (κ3) is 4.15. The number of carbonyl (C=O) groups is 2. The molecule has 0 aliphatic heterocycles. The zero-order valence-electron chi connectivity index (χ0n) is 13.4. The summed E-state index contributed by atoms with van der Waals surface area (Å²) >= 11 is 0. The fourth-order valence-corrected chi connectivity index (χ4v) is 2.17. The lowest BCUT2D eigenvalue weighted by molar-refractivity contribution is -0.136. The van der Waals surface area contributed by atoms with E-state index in [2.05, 4.69) is 10.3 Å². The summed E-state index contributed by atoms with van der Waals surface area (Å²) in [5, 5.41) is 21.1. The number of benzene rings is 1. The molecule has 0 unspecified atom stereocenters. The topological polar surface area (TPSA) is 112 Å². The first kappa shape index (κ1) is 17.6. The van der Waals surface area contributed by atoms with Crippen LogP contribution in [0.3, 0.4) is 0 Å². The maximum absolute atomic E-state index is 12.3. The number of amides is 2. The summed E-state index contributed by atoms with van der Waals surface area (Å²) in [6, 6.07) is 10.9. The van der Waals surface area contributed by atoms with Crippen LogP contribution in [0.15, 0.2) is 48.7 Å². The van der Waals surface area contributed by atoms with Crippen LogP contribution in [-0.2, 0) is 4.79 Å². The van der Waals surface area contributed by atoms with Crippen LogP contribution in [0.5, 0.6) is 0 Å². The Hall–Kier alpha value is -2.77. The number of hydroxylamine groups is 1. The van der Waals surface area contributed by atoms with Gasteiger partial charge in [0.05, 0.1) is 11.3 Å². The lowest BCUT2D eigenvalue weighted by Crippen LogP contribution is -2.57. The molecule has 1 aromatic carbocycles. The van der Waals surface area contributed by atoms with E-state index in [1.807, 2.05) is 18.2 Å². The predicted octanol–water partition coefficient (Wildman–Crippen LogP) is 1.12. The van der Waals surface area contributed by atoms with E-state index in [4.69, 9.17) is 5.21 Å². The van der Waals surface area contributed by atoms with E-state index in [0.717, 1.165) is 11.3 Å². The first-order valence-corrected chi connectivity index (χ1v) is 7.31. The minimum atomic E-state index is -1.55. The monoisotopic (exact) mass is 329 g/mol. The van der Waals surface area contributed by atoms with Gasteiger partial charge in [-0.2, -0.15) is 0 Å². The van der Waals surface area contributed by atoms with Crippen molar-refractivity contribution in [1.29, 1.82) is 0 Å². The number of aliphatic hydroxyl groups is 1. The number of hydrogen-bond acceptors (Lipinski definition) is 5. The van der Waals surface area contributed by atoms with Gasteiger partial charge in [0.25, 0.3) is 11.8 Å². The SMILES string of the molecule is CC(C)(O)[C@H](NC(=O)c1ccc(-c2ccccn2)cc1)C(=O)NO. The lowest BCUT2D eigenvalue weighted by Gasteiger charge is -2.28. The van der Waals surface area contributed by atoms with E-state index in [0.29, 0.717) is 5.56 Å². The third-order valence-corrected chi connectivity index (χ3v) is 3.46. The highest BCUT2D eigenvalue weighted by atomic mass is 16.5. The second-order valence-corrected chi connectivity index (χ2v) is 5.83. The van der Waals surface area contributed by atoms with E-state index in [-0.39, 0.29) is 0 Å². The third-order valence-electron chi connectivity index (χ3n) is 3.46. The molecule has 0 bridgehead atoms. The summed E-state index contributed by atoms with van der Waals surface area (Å²) in [6.07, 6.45) is 1.68. The standard InChI is InChI=1S/C17H19N3O4/c1-17(2,23)14(16(22)20-24)19-15(21)12-8-6-11(7-9-12)13-5-3-4-10-18-13/h3-10,14,23-24H,1-2H3,(H,19,21)(H,20,22)/t14-/m1/s1. The fraction of sp³-hybridized carbons (Fsp3) is 0.235. The van der Waals surface area contributed by atoms with Crippen LogP contribution in [0, 0.1) is 0 Å². The lowest BCUT2D eigenvalue weighted by atomic mass is 9.97. The second-order valence-electron chi connectivity index (χ2n) is 5.83. The van der Waals surface area contributed by atoms with Gasteiger partial charge in [0.2, 0.25) is 0 Å². The van der Waals surface area contributed by atoms with Crippen molar-refractivity contribution in [3.8, 4) is 11.3 Å². The van der Waals surface area contributed by atoms with Crippen LogP contribution in [0.1, 0.15) is 24.2 Å². The number of aromatic nitrogens is 1. The van der Waals surface area contributed by atoms with Gasteiger partial charge in [-0.05, 0) is 38.1 Å². The average Bonchev–Trinajstić information content (AvgIpc) is 2.58. The van der Waals surface area contributed by atoms with Gasteiger partial charge in [-0.3, -0.25) is 19.8 Å². The zero-order chi connectivity index (χ0) is 17.7. The highest BCUT2D eigenvalue weighted by molar-refractivity contribution is 5.98. The number of nitrogens with one attached hydrogen (secondary N) is 2. The largest absolute Gasteiger partial charge is 0.388 e. The Morgan fingerprint density at radius 3 is 2.29 bits per heavy atom. The Morgan fingerprint density at radius 1 is 1.12 bits per heavy atom. The first-order chi connectivity index (χ1) is 11.3. The quantitative estimate of drug-likeness (QED) is 0.485. The van der Waals surface area contributed by atoms with E-state index in [1.54, 1.807) is 30.5 Å². The molecule has 7 heteroatoms. The maximum atomic E-state index is 12.3. The molecule has 0 saturated heterocycles. The molecule has 2 rings (SSSR count).